The summed E-state index contributed by atoms with van der Waals surface area (Å²) in [5, 5.41) is 16.5. The second-order valence-electron chi connectivity index (χ2n) is 6.78. The van der Waals surface area contributed by atoms with Gasteiger partial charge in [-0.25, -0.2) is 4.74 Å². The maximum absolute atomic E-state index is 13.1. The van der Waals surface area contributed by atoms with Gasteiger partial charge in [0.15, 0.2) is 17.7 Å². The van der Waals surface area contributed by atoms with Crippen LogP contribution in [-0.4, -0.2) is 31.7 Å². The van der Waals surface area contributed by atoms with Crippen LogP contribution >= 0.6 is 0 Å². The number of hydrogen-bond donors (Lipinski definition) is 1. The van der Waals surface area contributed by atoms with E-state index in [0.717, 1.165) is 21.6 Å². The van der Waals surface area contributed by atoms with Gasteiger partial charge in [0.05, 0.1) is 20.8 Å². The average Bonchev–Trinajstić information content (AvgIpc) is 2.75. The molecule has 0 aliphatic carbocycles. The lowest BCUT2D eigenvalue weighted by atomic mass is 10.1. The fraction of sp³-hybridized carbons (Fsp3) is 0.208. The van der Waals surface area contributed by atoms with E-state index in [1.807, 2.05) is 67.6 Å². The summed E-state index contributed by atoms with van der Waals surface area (Å²) >= 11 is 0. The maximum atomic E-state index is 13.1. The van der Waals surface area contributed by atoms with Gasteiger partial charge in [-0.05, 0) is 37.3 Å². The van der Waals surface area contributed by atoms with Crippen molar-refractivity contribution in [2.24, 2.45) is 0 Å². The average molecular weight is 390 g/mol. The van der Waals surface area contributed by atoms with Crippen LogP contribution in [0.2, 0.25) is 0 Å². The lowest BCUT2D eigenvalue weighted by Gasteiger charge is -2.19. The van der Waals surface area contributed by atoms with Crippen LogP contribution < -0.4 is 14.8 Å². The molecule has 0 saturated heterocycles. The van der Waals surface area contributed by atoms with E-state index in [1.54, 1.807) is 32.6 Å². The molecule has 1 N–H and O–H groups in total. The van der Waals surface area contributed by atoms with Gasteiger partial charge < -0.3 is 20.0 Å². The van der Waals surface area contributed by atoms with E-state index in [2.05, 4.69) is 5.32 Å². The highest BCUT2D eigenvalue weighted by Gasteiger charge is 2.19. The SMILES string of the molecule is COc1ccc(/C=[N+](\[O-])C(CNc2ccc(C)cc2)c2ccccc2)cc1OC. The summed E-state index contributed by atoms with van der Waals surface area (Å²) in [5.74, 6) is 1.21. The monoisotopic (exact) mass is 390 g/mol. The molecule has 0 bridgehead atoms. The molecule has 5 nitrogen and oxygen atoms in total. The summed E-state index contributed by atoms with van der Waals surface area (Å²) in [7, 11) is 3.16. The van der Waals surface area contributed by atoms with Crippen molar-refractivity contribution in [3.63, 3.8) is 0 Å². The molecule has 3 aromatic rings. The van der Waals surface area contributed by atoms with Gasteiger partial charge in [0.1, 0.15) is 0 Å². The Kier molecular flexibility index (Phi) is 6.74. The number of rotatable bonds is 8. The molecule has 29 heavy (non-hydrogen) atoms. The van der Waals surface area contributed by atoms with Crippen LogP contribution in [0.1, 0.15) is 22.7 Å². The molecule has 0 heterocycles. The predicted molar refractivity (Wildman–Crippen MR) is 117 cm³/mol. The lowest BCUT2D eigenvalue weighted by Crippen LogP contribution is -2.23. The second-order valence-corrected chi connectivity index (χ2v) is 6.78. The number of methoxy groups -OCH3 is 2. The molecule has 0 spiro atoms. The Morgan fingerprint density at radius 3 is 2.28 bits per heavy atom. The molecule has 0 amide bonds. The van der Waals surface area contributed by atoms with Crippen molar-refractivity contribution in [1.29, 1.82) is 0 Å². The molecule has 0 aliphatic rings. The number of benzene rings is 3. The minimum absolute atomic E-state index is 0.384. The summed E-state index contributed by atoms with van der Waals surface area (Å²) in [4.78, 5) is 0. The zero-order valence-electron chi connectivity index (χ0n) is 17.0. The first-order chi connectivity index (χ1) is 14.1. The van der Waals surface area contributed by atoms with Crippen molar-refractivity contribution in [2.75, 3.05) is 26.1 Å². The molecule has 5 heteroatoms. The zero-order valence-corrected chi connectivity index (χ0v) is 17.0. The number of hydroxylamine groups is 1. The number of nitrogens with one attached hydrogen (secondary N) is 1. The molecule has 0 fully saturated rings. The zero-order chi connectivity index (χ0) is 20.6. The molecule has 0 radical (unpaired) electrons. The van der Waals surface area contributed by atoms with Gasteiger partial charge in [-0.3, -0.25) is 0 Å². The second kappa shape index (κ2) is 9.64. The molecule has 1 atom stereocenters. The van der Waals surface area contributed by atoms with Crippen LogP contribution in [0.3, 0.4) is 0 Å². The smallest absolute Gasteiger partial charge is 0.205 e. The number of ether oxygens (including phenoxy) is 2. The number of aryl methyl sites for hydroxylation is 1. The van der Waals surface area contributed by atoms with Gasteiger partial charge in [0.2, 0.25) is 6.04 Å². The van der Waals surface area contributed by atoms with Crippen molar-refractivity contribution in [3.05, 3.63) is 94.7 Å². The number of hydrogen-bond acceptors (Lipinski definition) is 4. The fourth-order valence-electron chi connectivity index (χ4n) is 3.09. The standard InChI is InChI=1S/C24H26N2O3/c1-18-9-12-21(13-10-18)25-16-22(20-7-5-4-6-8-20)26(27)17-19-11-14-23(28-2)24(15-19)29-3/h4-15,17,22,25H,16H2,1-3H3/b26-17-. The van der Waals surface area contributed by atoms with Gasteiger partial charge in [-0.15, -0.1) is 0 Å². The Morgan fingerprint density at radius 2 is 1.62 bits per heavy atom. The van der Waals surface area contributed by atoms with Crippen molar-refractivity contribution in [1.82, 2.24) is 0 Å². The molecular formula is C24H26N2O3. The number of nitrogens with zero attached hydrogens (tertiary/aromatic N) is 1. The molecule has 0 saturated carbocycles. The molecule has 3 aromatic carbocycles. The van der Waals surface area contributed by atoms with Crippen LogP contribution in [0.4, 0.5) is 5.69 Å². The third-order valence-corrected chi connectivity index (χ3v) is 4.73. The topological polar surface area (TPSA) is 56.6 Å². The molecular weight excluding hydrogens is 364 g/mol. The first-order valence-corrected chi connectivity index (χ1v) is 9.48. The Hall–Kier alpha value is -3.47. The van der Waals surface area contributed by atoms with Gasteiger partial charge in [0.25, 0.3) is 0 Å². The Balaban J connectivity index is 1.86. The molecule has 3 rings (SSSR count). The van der Waals surface area contributed by atoms with E-state index in [0.29, 0.717) is 18.0 Å². The number of anilines is 1. The molecule has 1 unspecified atom stereocenters. The third-order valence-electron chi connectivity index (χ3n) is 4.73. The highest BCUT2D eigenvalue weighted by Crippen LogP contribution is 2.27. The Labute approximate surface area is 171 Å². The summed E-state index contributed by atoms with van der Waals surface area (Å²) in [6, 6.07) is 22.9. The van der Waals surface area contributed by atoms with Gasteiger partial charge in [0, 0.05) is 16.8 Å². The summed E-state index contributed by atoms with van der Waals surface area (Å²) in [6.45, 7) is 2.52. The first kappa shape index (κ1) is 20.3. The van der Waals surface area contributed by atoms with Crippen LogP contribution in [0.5, 0.6) is 11.5 Å². The predicted octanol–water partition coefficient (Wildman–Crippen LogP) is 4.79. The maximum Gasteiger partial charge on any atom is 0.205 e. The van der Waals surface area contributed by atoms with E-state index < -0.39 is 0 Å². The summed E-state index contributed by atoms with van der Waals surface area (Å²) in [6.07, 6.45) is 1.58. The van der Waals surface area contributed by atoms with E-state index in [9.17, 15) is 5.21 Å². The third kappa shape index (κ3) is 5.29. The highest BCUT2D eigenvalue weighted by atomic mass is 16.5. The van der Waals surface area contributed by atoms with E-state index in [1.165, 1.54) is 5.56 Å². The van der Waals surface area contributed by atoms with Crippen molar-refractivity contribution in [3.8, 4) is 11.5 Å². The van der Waals surface area contributed by atoms with Crippen LogP contribution in [0.15, 0.2) is 72.8 Å². The van der Waals surface area contributed by atoms with Crippen LogP contribution in [0.25, 0.3) is 0 Å². The molecule has 150 valence electrons. The Bertz CT molecular complexity index is 954. The van der Waals surface area contributed by atoms with E-state index in [-0.39, 0.29) is 6.04 Å². The fourth-order valence-corrected chi connectivity index (χ4v) is 3.09. The van der Waals surface area contributed by atoms with Crippen LogP contribution in [-0.2, 0) is 0 Å². The van der Waals surface area contributed by atoms with Crippen molar-refractivity contribution >= 4 is 11.9 Å². The quantitative estimate of drug-likeness (QED) is 0.260. The van der Waals surface area contributed by atoms with Crippen LogP contribution in [0, 0.1) is 12.1 Å². The van der Waals surface area contributed by atoms with Gasteiger partial charge in [-0.1, -0.05) is 48.0 Å². The minimum Gasteiger partial charge on any atom is -0.623 e. The van der Waals surface area contributed by atoms with Gasteiger partial charge in [-0.2, -0.15) is 0 Å². The Morgan fingerprint density at radius 1 is 0.931 bits per heavy atom. The van der Waals surface area contributed by atoms with E-state index in [4.69, 9.17) is 9.47 Å². The first-order valence-electron chi connectivity index (χ1n) is 9.48. The van der Waals surface area contributed by atoms with E-state index >= 15 is 0 Å². The largest absolute Gasteiger partial charge is 0.623 e. The lowest BCUT2D eigenvalue weighted by molar-refractivity contribution is -0.499. The minimum atomic E-state index is -0.384. The summed E-state index contributed by atoms with van der Waals surface area (Å²) in [5.41, 5.74) is 3.87. The van der Waals surface area contributed by atoms with Gasteiger partial charge >= 0.3 is 0 Å². The molecule has 0 aromatic heterocycles. The molecule has 0 aliphatic heterocycles. The van der Waals surface area contributed by atoms with Crippen molar-refractivity contribution < 1.29 is 14.2 Å². The highest BCUT2D eigenvalue weighted by molar-refractivity contribution is 5.77. The summed E-state index contributed by atoms with van der Waals surface area (Å²) < 4.78 is 11.6. The van der Waals surface area contributed by atoms with Crippen molar-refractivity contribution in [2.45, 2.75) is 13.0 Å². The normalized spacial score (nSPS) is 12.3.